The molecule has 0 aliphatic rings. The third-order valence-electron chi connectivity index (χ3n) is 4.77. The number of carbonyl (C=O) groups is 3. The van der Waals surface area contributed by atoms with Crippen molar-refractivity contribution in [3.05, 3.63) is 24.3 Å². The second-order valence-electron chi connectivity index (χ2n) is 11.3. The van der Waals surface area contributed by atoms with E-state index < -0.39 is 55.5 Å². The number of esters is 2. The number of rotatable bonds is 15. The van der Waals surface area contributed by atoms with Gasteiger partial charge >= 0.3 is 18.0 Å². The van der Waals surface area contributed by atoms with Gasteiger partial charge in [0.1, 0.15) is 23.0 Å². The summed E-state index contributed by atoms with van der Waals surface area (Å²) in [6.45, 7) is 9.89. The van der Waals surface area contributed by atoms with Gasteiger partial charge in [-0.2, -0.15) is 16.8 Å². The number of amides is 1. The van der Waals surface area contributed by atoms with Gasteiger partial charge in [-0.1, -0.05) is 0 Å². The summed E-state index contributed by atoms with van der Waals surface area (Å²) < 4.78 is 70.7. The Labute approximate surface area is 248 Å². The van der Waals surface area contributed by atoms with Crippen molar-refractivity contribution in [3.63, 3.8) is 0 Å². The van der Waals surface area contributed by atoms with E-state index in [9.17, 15) is 31.2 Å². The predicted molar refractivity (Wildman–Crippen MR) is 154 cm³/mol. The first-order valence-corrected chi connectivity index (χ1v) is 16.6. The Bertz CT molecular complexity index is 1230. The van der Waals surface area contributed by atoms with Gasteiger partial charge in [-0.05, 0) is 72.2 Å². The highest BCUT2D eigenvalue weighted by molar-refractivity contribution is 7.86. The highest BCUT2D eigenvalue weighted by atomic mass is 32.2. The zero-order valence-corrected chi connectivity index (χ0v) is 26.9. The highest BCUT2D eigenvalue weighted by Crippen LogP contribution is 2.20. The lowest BCUT2D eigenvalue weighted by Gasteiger charge is -2.25. The van der Waals surface area contributed by atoms with E-state index in [0.717, 1.165) is 12.5 Å². The SMILES string of the molecule is CC(C)(C)OC(=O)CC[C@H](NC(=O)Oc1ccc(N(CCOS(C)(=O)=O)CCOS(C)(=O)=O)cc1)C(=O)OC(C)(C)C. The molecule has 1 N–H and O–H groups in total. The van der Waals surface area contributed by atoms with Crippen LogP contribution in [0.15, 0.2) is 24.3 Å². The molecule has 0 unspecified atom stereocenters. The number of ether oxygens (including phenoxy) is 3. The molecule has 0 radical (unpaired) electrons. The Balaban J connectivity index is 2.94. The molecular weight excluding hydrogens is 596 g/mol. The van der Waals surface area contributed by atoms with Crippen molar-refractivity contribution >= 4 is 44.0 Å². The van der Waals surface area contributed by atoms with Crippen molar-refractivity contribution in [1.29, 1.82) is 0 Å². The molecule has 1 aromatic carbocycles. The molecule has 0 saturated carbocycles. The average Bonchev–Trinajstić information content (AvgIpc) is 2.77. The summed E-state index contributed by atoms with van der Waals surface area (Å²) in [6, 6.07) is 4.80. The summed E-state index contributed by atoms with van der Waals surface area (Å²) in [7, 11) is -7.37. The molecule has 1 amide bonds. The molecule has 0 bridgehead atoms. The van der Waals surface area contributed by atoms with Crippen molar-refractivity contribution in [1.82, 2.24) is 5.32 Å². The van der Waals surface area contributed by atoms with Gasteiger partial charge in [0.25, 0.3) is 20.2 Å². The molecule has 0 spiro atoms. The quantitative estimate of drug-likeness (QED) is 0.219. The van der Waals surface area contributed by atoms with Crippen LogP contribution in [0.4, 0.5) is 10.5 Å². The summed E-state index contributed by atoms with van der Waals surface area (Å²) >= 11 is 0. The zero-order valence-electron chi connectivity index (χ0n) is 25.3. The maximum Gasteiger partial charge on any atom is 0.413 e. The smallest absolute Gasteiger partial charge is 0.413 e. The van der Waals surface area contributed by atoms with E-state index in [-0.39, 0.29) is 44.9 Å². The second kappa shape index (κ2) is 15.5. The van der Waals surface area contributed by atoms with Gasteiger partial charge in [0.05, 0.1) is 25.7 Å². The fraction of sp³-hybridized carbons (Fsp3) is 0.654. The maximum atomic E-state index is 12.7. The fourth-order valence-corrected chi connectivity index (χ4v) is 4.00. The average molecular weight is 639 g/mol. The van der Waals surface area contributed by atoms with Crippen molar-refractivity contribution in [2.45, 2.75) is 71.6 Å². The summed E-state index contributed by atoms with van der Waals surface area (Å²) in [5.41, 5.74) is -1.03. The molecule has 1 rings (SSSR count). The van der Waals surface area contributed by atoms with Crippen LogP contribution in [0.3, 0.4) is 0 Å². The van der Waals surface area contributed by atoms with E-state index in [1.54, 1.807) is 58.6 Å². The van der Waals surface area contributed by atoms with Gasteiger partial charge in [0.2, 0.25) is 0 Å². The molecule has 42 heavy (non-hydrogen) atoms. The Morgan fingerprint density at radius 1 is 0.810 bits per heavy atom. The van der Waals surface area contributed by atoms with Crippen molar-refractivity contribution in [2.75, 3.05) is 43.7 Å². The number of nitrogens with zero attached hydrogens (tertiary/aromatic N) is 1. The Hall–Kier alpha value is -2.95. The molecule has 0 fully saturated rings. The van der Waals surface area contributed by atoms with Crippen LogP contribution in [0.2, 0.25) is 0 Å². The third-order valence-corrected chi connectivity index (χ3v) is 5.96. The molecule has 14 nitrogen and oxygen atoms in total. The summed E-state index contributed by atoms with van der Waals surface area (Å²) in [6.07, 6.45) is 0.608. The number of hydrogen-bond donors (Lipinski definition) is 1. The molecule has 0 heterocycles. The maximum absolute atomic E-state index is 12.7. The molecule has 0 saturated heterocycles. The van der Waals surface area contributed by atoms with Crippen molar-refractivity contribution in [3.8, 4) is 5.75 Å². The van der Waals surface area contributed by atoms with Crippen LogP contribution in [0.1, 0.15) is 54.4 Å². The van der Waals surface area contributed by atoms with Gasteiger partial charge in [0.15, 0.2) is 0 Å². The minimum Gasteiger partial charge on any atom is -0.460 e. The van der Waals surface area contributed by atoms with Gasteiger partial charge in [0, 0.05) is 25.2 Å². The van der Waals surface area contributed by atoms with E-state index in [1.807, 2.05) is 0 Å². The monoisotopic (exact) mass is 638 g/mol. The molecule has 240 valence electrons. The second-order valence-corrected chi connectivity index (χ2v) is 14.6. The molecule has 1 aromatic rings. The van der Waals surface area contributed by atoms with E-state index in [2.05, 4.69) is 5.32 Å². The zero-order chi connectivity index (χ0) is 32.4. The molecule has 0 aliphatic heterocycles. The van der Waals surface area contributed by atoms with Gasteiger partial charge in [-0.15, -0.1) is 0 Å². The molecule has 16 heteroatoms. The van der Waals surface area contributed by atoms with Crippen LogP contribution < -0.4 is 15.0 Å². The van der Waals surface area contributed by atoms with E-state index in [0.29, 0.717) is 5.69 Å². The lowest BCUT2D eigenvalue weighted by molar-refractivity contribution is -0.158. The normalized spacial score (nSPS) is 13.1. The van der Waals surface area contributed by atoms with Crippen LogP contribution in [0.25, 0.3) is 0 Å². The minimum absolute atomic E-state index is 0.0795. The largest absolute Gasteiger partial charge is 0.460 e. The van der Waals surface area contributed by atoms with Crippen LogP contribution in [-0.2, 0) is 47.7 Å². The number of carbonyl (C=O) groups excluding carboxylic acids is 3. The molecular formula is C26H42N2O12S2. The molecule has 0 aromatic heterocycles. The predicted octanol–water partition coefficient (Wildman–Crippen LogP) is 2.37. The first kappa shape index (κ1) is 37.1. The number of hydrogen-bond acceptors (Lipinski definition) is 13. The van der Waals surface area contributed by atoms with Crippen LogP contribution in [0.5, 0.6) is 5.75 Å². The van der Waals surface area contributed by atoms with Crippen molar-refractivity contribution in [2.24, 2.45) is 0 Å². The van der Waals surface area contributed by atoms with E-state index >= 15 is 0 Å². The fourth-order valence-electron chi connectivity index (χ4n) is 3.25. The minimum atomic E-state index is -3.69. The van der Waals surface area contributed by atoms with Crippen LogP contribution in [0, 0.1) is 0 Å². The summed E-state index contributed by atoms with van der Waals surface area (Å²) in [4.78, 5) is 39.1. The lowest BCUT2D eigenvalue weighted by atomic mass is 10.1. The number of nitrogens with one attached hydrogen (secondary N) is 1. The standard InChI is InChI=1S/C26H42N2O12S2/c1-25(2,3)39-22(29)14-13-21(23(30)40-26(4,5)6)27-24(31)38-20-11-9-19(10-12-20)28(15-17-36-41(7,32)33)16-18-37-42(8,34)35/h9-12,21H,13-18H2,1-8H3,(H,27,31)/t21-/m0/s1. The third kappa shape index (κ3) is 17.8. The van der Waals surface area contributed by atoms with E-state index in [1.165, 1.54) is 12.1 Å². The first-order valence-electron chi connectivity index (χ1n) is 13.0. The summed E-state index contributed by atoms with van der Waals surface area (Å²) in [5.74, 6) is -1.19. The van der Waals surface area contributed by atoms with Crippen LogP contribution >= 0.6 is 0 Å². The highest BCUT2D eigenvalue weighted by Gasteiger charge is 2.29. The van der Waals surface area contributed by atoms with Gasteiger partial charge < -0.3 is 24.4 Å². The molecule has 0 aliphatic carbocycles. The Kier molecular flexibility index (Phi) is 13.7. The van der Waals surface area contributed by atoms with Crippen LogP contribution in [-0.4, -0.2) is 90.9 Å². The van der Waals surface area contributed by atoms with Gasteiger partial charge in [-0.25, -0.2) is 9.59 Å². The Morgan fingerprint density at radius 2 is 1.29 bits per heavy atom. The molecule has 1 atom stereocenters. The lowest BCUT2D eigenvalue weighted by Crippen LogP contribution is -2.45. The van der Waals surface area contributed by atoms with E-state index in [4.69, 9.17) is 22.6 Å². The topological polar surface area (TPSA) is 181 Å². The number of benzene rings is 1. The Morgan fingerprint density at radius 3 is 1.71 bits per heavy atom. The van der Waals surface area contributed by atoms with Crippen molar-refractivity contribution < 1.29 is 53.8 Å². The summed E-state index contributed by atoms with van der Waals surface area (Å²) in [5, 5.41) is 2.43. The number of anilines is 1. The first-order chi connectivity index (χ1) is 19.0. The van der Waals surface area contributed by atoms with Gasteiger partial charge in [-0.3, -0.25) is 13.2 Å².